The van der Waals surface area contributed by atoms with E-state index < -0.39 is 5.60 Å². The van der Waals surface area contributed by atoms with E-state index in [1.807, 2.05) is 26.8 Å². The second kappa shape index (κ2) is 7.32. The lowest BCUT2D eigenvalue weighted by Crippen LogP contribution is -2.32. The fraction of sp³-hybridized carbons (Fsp3) is 0.750. The van der Waals surface area contributed by atoms with E-state index in [0.29, 0.717) is 6.54 Å². The fourth-order valence-electron chi connectivity index (χ4n) is 1.10. The monoisotopic (exact) mass is 213 g/mol. The Labute approximate surface area is 92.9 Å². The number of alkyl carbamates (subject to hydrolysis) is 1. The third-order valence-corrected chi connectivity index (χ3v) is 1.75. The summed E-state index contributed by atoms with van der Waals surface area (Å²) in [4.78, 5) is 11.2. The first-order valence-electron chi connectivity index (χ1n) is 5.53. The molecule has 0 aromatic rings. The SMILES string of the molecule is C=CCCCCCNC(=O)OC(C)(C)C. The van der Waals surface area contributed by atoms with Gasteiger partial charge in [-0.05, 0) is 40.0 Å². The van der Waals surface area contributed by atoms with E-state index in [1.165, 1.54) is 0 Å². The molecule has 0 rings (SSSR count). The zero-order valence-corrected chi connectivity index (χ0v) is 10.1. The van der Waals surface area contributed by atoms with Gasteiger partial charge in [-0.1, -0.05) is 12.5 Å². The molecule has 0 fully saturated rings. The highest BCUT2D eigenvalue weighted by Gasteiger charge is 2.15. The molecule has 0 heterocycles. The summed E-state index contributed by atoms with van der Waals surface area (Å²) in [5.41, 5.74) is -0.410. The lowest BCUT2D eigenvalue weighted by atomic mass is 10.2. The van der Waals surface area contributed by atoms with Gasteiger partial charge in [-0.3, -0.25) is 0 Å². The molecule has 0 aliphatic heterocycles. The summed E-state index contributed by atoms with van der Waals surface area (Å²) >= 11 is 0. The Morgan fingerprint density at radius 1 is 1.33 bits per heavy atom. The highest BCUT2D eigenvalue weighted by molar-refractivity contribution is 5.67. The number of allylic oxidation sites excluding steroid dienone is 1. The standard InChI is InChI=1S/C12H23NO2/c1-5-6-7-8-9-10-13-11(14)15-12(2,3)4/h5H,1,6-10H2,2-4H3,(H,13,14). The molecule has 0 atom stereocenters. The minimum atomic E-state index is -0.410. The summed E-state index contributed by atoms with van der Waals surface area (Å²) in [6, 6.07) is 0. The Morgan fingerprint density at radius 3 is 2.53 bits per heavy atom. The molecule has 0 spiro atoms. The van der Waals surface area contributed by atoms with Crippen LogP contribution in [-0.2, 0) is 4.74 Å². The van der Waals surface area contributed by atoms with Crippen LogP contribution in [0.3, 0.4) is 0 Å². The molecular weight excluding hydrogens is 190 g/mol. The number of carbonyl (C=O) groups is 1. The Balaban J connectivity index is 3.36. The molecule has 0 saturated carbocycles. The average Bonchev–Trinajstić information content (AvgIpc) is 2.08. The number of nitrogens with one attached hydrogen (secondary N) is 1. The van der Waals surface area contributed by atoms with Crippen LogP contribution >= 0.6 is 0 Å². The molecule has 0 bridgehead atoms. The molecule has 15 heavy (non-hydrogen) atoms. The zero-order valence-electron chi connectivity index (χ0n) is 10.1. The number of rotatable bonds is 6. The van der Waals surface area contributed by atoms with Crippen LogP contribution in [0.1, 0.15) is 46.5 Å². The first kappa shape index (κ1) is 14.0. The average molecular weight is 213 g/mol. The Bertz CT molecular complexity index is 194. The third kappa shape index (κ3) is 10.9. The van der Waals surface area contributed by atoms with Gasteiger partial charge >= 0.3 is 6.09 Å². The maximum Gasteiger partial charge on any atom is 0.407 e. The molecule has 0 aliphatic rings. The summed E-state index contributed by atoms with van der Waals surface area (Å²) < 4.78 is 5.10. The van der Waals surface area contributed by atoms with Gasteiger partial charge < -0.3 is 10.1 Å². The molecule has 0 radical (unpaired) electrons. The van der Waals surface area contributed by atoms with Gasteiger partial charge in [0, 0.05) is 6.54 Å². The van der Waals surface area contributed by atoms with Gasteiger partial charge in [0.15, 0.2) is 0 Å². The van der Waals surface area contributed by atoms with E-state index in [0.717, 1.165) is 25.7 Å². The van der Waals surface area contributed by atoms with Crippen molar-refractivity contribution in [1.82, 2.24) is 5.32 Å². The predicted molar refractivity (Wildman–Crippen MR) is 62.9 cm³/mol. The highest BCUT2D eigenvalue weighted by Crippen LogP contribution is 2.06. The van der Waals surface area contributed by atoms with Crippen LogP contribution in [0.4, 0.5) is 4.79 Å². The van der Waals surface area contributed by atoms with E-state index in [1.54, 1.807) is 0 Å². The Morgan fingerprint density at radius 2 is 2.00 bits per heavy atom. The van der Waals surface area contributed by atoms with Crippen LogP contribution < -0.4 is 5.32 Å². The van der Waals surface area contributed by atoms with Crippen LogP contribution in [0.2, 0.25) is 0 Å². The first-order chi connectivity index (χ1) is 6.95. The second-order valence-electron chi connectivity index (χ2n) is 4.57. The largest absolute Gasteiger partial charge is 0.444 e. The van der Waals surface area contributed by atoms with Gasteiger partial charge in [-0.25, -0.2) is 4.79 Å². The zero-order chi connectivity index (χ0) is 11.7. The van der Waals surface area contributed by atoms with Gasteiger partial charge in [0.2, 0.25) is 0 Å². The van der Waals surface area contributed by atoms with E-state index in [9.17, 15) is 4.79 Å². The molecule has 1 N–H and O–H groups in total. The quantitative estimate of drug-likeness (QED) is 0.543. The van der Waals surface area contributed by atoms with Gasteiger partial charge in [0.1, 0.15) is 5.60 Å². The van der Waals surface area contributed by atoms with Gasteiger partial charge in [0.05, 0.1) is 0 Å². The van der Waals surface area contributed by atoms with Gasteiger partial charge in [-0.15, -0.1) is 6.58 Å². The third-order valence-electron chi connectivity index (χ3n) is 1.75. The molecule has 1 amide bonds. The number of hydrogen-bond acceptors (Lipinski definition) is 2. The van der Waals surface area contributed by atoms with Crippen molar-refractivity contribution in [3.05, 3.63) is 12.7 Å². The summed E-state index contributed by atoms with van der Waals surface area (Å²) in [7, 11) is 0. The van der Waals surface area contributed by atoms with Crippen molar-refractivity contribution in [2.45, 2.75) is 52.1 Å². The maximum atomic E-state index is 11.2. The number of ether oxygens (including phenoxy) is 1. The van der Waals surface area contributed by atoms with Crippen LogP contribution in [-0.4, -0.2) is 18.2 Å². The van der Waals surface area contributed by atoms with E-state index in [4.69, 9.17) is 4.74 Å². The van der Waals surface area contributed by atoms with Crippen molar-refractivity contribution in [2.24, 2.45) is 0 Å². The predicted octanol–water partition coefficient (Wildman–Crippen LogP) is 3.26. The highest BCUT2D eigenvalue weighted by atomic mass is 16.6. The minimum Gasteiger partial charge on any atom is -0.444 e. The van der Waals surface area contributed by atoms with Crippen LogP contribution in [0, 0.1) is 0 Å². The molecule has 0 aliphatic carbocycles. The summed E-state index contributed by atoms with van der Waals surface area (Å²) in [5.74, 6) is 0. The van der Waals surface area contributed by atoms with Crippen molar-refractivity contribution in [1.29, 1.82) is 0 Å². The molecule has 0 saturated heterocycles. The lowest BCUT2D eigenvalue weighted by molar-refractivity contribution is 0.0527. The Hall–Kier alpha value is -0.990. The number of unbranched alkanes of at least 4 members (excludes halogenated alkanes) is 3. The molecular formula is C12H23NO2. The van der Waals surface area contributed by atoms with Gasteiger partial charge in [0.25, 0.3) is 0 Å². The van der Waals surface area contributed by atoms with Crippen LogP contribution in [0.15, 0.2) is 12.7 Å². The molecule has 88 valence electrons. The Kier molecular flexibility index (Phi) is 6.84. The minimum absolute atomic E-state index is 0.328. The summed E-state index contributed by atoms with van der Waals surface area (Å²) in [5, 5.41) is 2.73. The van der Waals surface area contributed by atoms with Crippen molar-refractivity contribution in [3.8, 4) is 0 Å². The van der Waals surface area contributed by atoms with Crippen molar-refractivity contribution in [2.75, 3.05) is 6.54 Å². The van der Waals surface area contributed by atoms with Gasteiger partial charge in [-0.2, -0.15) is 0 Å². The van der Waals surface area contributed by atoms with Crippen molar-refractivity contribution in [3.63, 3.8) is 0 Å². The molecule has 0 aromatic heterocycles. The fourth-order valence-corrected chi connectivity index (χ4v) is 1.10. The molecule has 3 nitrogen and oxygen atoms in total. The topological polar surface area (TPSA) is 38.3 Å². The number of hydrogen-bond donors (Lipinski definition) is 1. The second-order valence-corrected chi connectivity index (χ2v) is 4.57. The lowest BCUT2D eigenvalue weighted by Gasteiger charge is -2.19. The summed E-state index contributed by atoms with van der Waals surface area (Å²) in [6.07, 6.45) is 5.88. The van der Waals surface area contributed by atoms with Crippen LogP contribution in [0.25, 0.3) is 0 Å². The number of amides is 1. The smallest absolute Gasteiger partial charge is 0.407 e. The van der Waals surface area contributed by atoms with Crippen molar-refractivity contribution < 1.29 is 9.53 Å². The molecule has 0 unspecified atom stereocenters. The maximum absolute atomic E-state index is 11.2. The summed E-state index contributed by atoms with van der Waals surface area (Å²) in [6.45, 7) is 9.92. The first-order valence-corrected chi connectivity index (χ1v) is 5.53. The van der Waals surface area contributed by atoms with Crippen LogP contribution in [0.5, 0.6) is 0 Å². The molecule has 0 aromatic carbocycles. The van der Waals surface area contributed by atoms with E-state index in [-0.39, 0.29) is 6.09 Å². The van der Waals surface area contributed by atoms with Crippen molar-refractivity contribution >= 4 is 6.09 Å². The van der Waals surface area contributed by atoms with E-state index in [2.05, 4.69) is 11.9 Å². The molecule has 3 heteroatoms. The number of carbonyl (C=O) groups excluding carboxylic acids is 1. The normalized spacial score (nSPS) is 10.9. The van der Waals surface area contributed by atoms with E-state index >= 15 is 0 Å².